The van der Waals surface area contributed by atoms with Crippen LogP contribution in [0.4, 0.5) is 0 Å². The number of hydrogen-bond donors (Lipinski definition) is 1. The molecule has 1 aromatic carbocycles. The Morgan fingerprint density at radius 1 is 1.05 bits per heavy atom. The van der Waals surface area contributed by atoms with E-state index in [1.165, 1.54) is 5.56 Å². The average Bonchev–Trinajstić information content (AvgIpc) is 2.47. The molecule has 0 bridgehead atoms. The molecule has 1 aromatic heterocycles. The first kappa shape index (κ1) is 15.5. The van der Waals surface area contributed by atoms with Gasteiger partial charge in [-0.2, -0.15) is 0 Å². The third-order valence-electron chi connectivity index (χ3n) is 3.33. The van der Waals surface area contributed by atoms with Gasteiger partial charge in [0.15, 0.2) is 0 Å². The van der Waals surface area contributed by atoms with Crippen LogP contribution >= 0.6 is 0 Å². The van der Waals surface area contributed by atoms with E-state index < -0.39 is 0 Å². The van der Waals surface area contributed by atoms with E-state index in [-0.39, 0.29) is 0 Å². The monoisotopic (exact) mass is 284 g/mol. The number of hydrogen-bond acceptors (Lipinski definition) is 3. The molecule has 0 saturated carbocycles. The largest absolute Gasteiger partial charge is 0.457 e. The van der Waals surface area contributed by atoms with E-state index in [1.54, 1.807) is 6.20 Å². The Labute approximate surface area is 127 Å². The molecule has 0 amide bonds. The fourth-order valence-electron chi connectivity index (χ4n) is 2.01. The van der Waals surface area contributed by atoms with E-state index in [2.05, 4.69) is 50.1 Å². The summed E-state index contributed by atoms with van der Waals surface area (Å²) < 4.78 is 6.00. The second kappa shape index (κ2) is 7.23. The Morgan fingerprint density at radius 2 is 1.76 bits per heavy atom. The maximum Gasteiger partial charge on any atom is 0.134 e. The van der Waals surface area contributed by atoms with Crippen LogP contribution in [0, 0.1) is 0 Å². The highest BCUT2D eigenvalue weighted by Crippen LogP contribution is 2.26. The van der Waals surface area contributed by atoms with E-state index in [0.717, 1.165) is 23.6 Å². The zero-order valence-electron chi connectivity index (χ0n) is 13.3. The minimum atomic E-state index is 0.434. The van der Waals surface area contributed by atoms with Gasteiger partial charge in [0.1, 0.15) is 11.5 Å². The van der Waals surface area contributed by atoms with Crippen molar-refractivity contribution in [2.45, 2.75) is 46.2 Å². The first-order chi connectivity index (χ1) is 10.1. The van der Waals surface area contributed by atoms with Crippen LogP contribution in [0.2, 0.25) is 0 Å². The smallest absolute Gasteiger partial charge is 0.134 e. The number of benzene rings is 1. The lowest BCUT2D eigenvalue weighted by Gasteiger charge is -2.13. The summed E-state index contributed by atoms with van der Waals surface area (Å²) in [4.78, 5) is 4.18. The molecule has 112 valence electrons. The molecular formula is C18H24N2O. The number of pyridine rings is 1. The molecule has 3 nitrogen and oxygen atoms in total. The van der Waals surface area contributed by atoms with Crippen LogP contribution in [0.15, 0.2) is 42.7 Å². The molecule has 0 atom stereocenters. The minimum Gasteiger partial charge on any atom is -0.457 e. The molecule has 2 rings (SSSR count). The summed E-state index contributed by atoms with van der Waals surface area (Å²) in [6.07, 6.45) is 3.61. The maximum atomic E-state index is 6.00. The van der Waals surface area contributed by atoms with Crippen molar-refractivity contribution >= 4 is 0 Å². The number of aromatic nitrogens is 1. The summed E-state index contributed by atoms with van der Waals surface area (Å²) in [7, 11) is 0. The predicted molar refractivity (Wildman–Crippen MR) is 86.8 cm³/mol. The molecule has 0 unspecified atom stereocenters. The van der Waals surface area contributed by atoms with Crippen molar-refractivity contribution in [3.05, 3.63) is 53.9 Å². The molecule has 1 N–H and O–H groups in total. The highest BCUT2D eigenvalue weighted by molar-refractivity contribution is 5.37. The number of ether oxygens (including phenoxy) is 1. The van der Waals surface area contributed by atoms with Gasteiger partial charge in [0, 0.05) is 30.5 Å². The lowest BCUT2D eigenvalue weighted by atomic mass is 10.0. The fourth-order valence-corrected chi connectivity index (χ4v) is 2.01. The molecule has 3 heteroatoms. The van der Waals surface area contributed by atoms with Crippen molar-refractivity contribution in [1.82, 2.24) is 10.3 Å². The molecule has 0 aliphatic carbocycles. The molecule has 0 fully saturated rings. The standard InChI is InChI=1S/C18H24N2O/c1-13(2)15-5-7-17(8-6-15)21-18-9-10-19-11-16(18)12-20-14(3)4/h5-11,13-14,20H,12H2,1-4H3. The van der Waals surface area contributed by atoms with E-state index in [0.29, 0.717) is 12.0 Å². The number of nitrogens with zero attached hydrogens (tertiary/aromatic N) is 1. The van der Waals surface area contributed by atoms with Gasteiger partial charge in [-0.05, 0) is 29.7 Å². The van der Waals surface area contributed by atoms with Crippen LogP contribution in [0.25, 0.3) is 0 Å². The lowest BCUT2D eigenvalue weighted by molar-refractivity contribution is 0.468. The average molecular weight is 284 g/mol. The molecule has 2 aromatic rings. The summed E-state index contributed by atoms with van der Waals surface area (Å²) in [5, 5.41) is 3.39. The predicted octanol–water partition coefficient (Wildman–Crippen LogP) is 4.50. The zero-order valence-corrected chi connectivity index (χ0v) is 13.3. The first-order valence-corrected chi connectivity index (χ1v) is 7.50. The zero-order chi connectivity index (χ0) is 15.2. The maximum absolute atomic E-state index is 6.00. The number of nitrogens with one attached hydrogen (secondary N) is 1. The van der Waals surface area contributed by atoms with Crippen LogP contribution < -0.4 is 10.1 Å². The van der Waals surface area contributed by atoms with Crippen molar-refractivity contribution in [1.29, 1.82) is 0 Å². The second-order valence-electron chi connectivity index (χ2n) is 5.84. The molecule has 0 spiro atoms. The normalized spacial score (nSPS) is 11.1. The van der Waals surface area contributed by atoms with Gasteiger partial charge in [0.05, 0.1) is 0 Å². The number of rotatable bonds is 6. The van der Waals surface area contributed by atoms with Crippen molar-refractivity contribution < 1.29 is 4.74 Å². The molecule has 0 saturated heterocycles. The van der Waals surface area contributed by atoms with Gasteiger partial charge in [-0.25, -0.2) is 0 Å². The highest BCUT2D eigenvalue weighted by atomic mass is 16.5. The SMILES string of the molecule is CC(C)NCc1cnccc1Oc1ccc(C(C)C)cc1. The van der Waals surface area contributed by atoms with Gasteiger partial charge < -0.3 is 10.1 Å². The van der Waals surface area contributed by atoms with Crippen LogP contribution in [0.1, 0.15) is 44.7 Å². The Morgan fingerprint density at radius 3 is 2.38 bits per heavy atom. The second-order valence-corrected chi connectivity index (χ2v) is 5.84. The van der Waals surface area contributed by atoms with Gasteiger partial charge in [0.25, 0.3) is 0 Å². The van der Waals surface area contributed by atoms with Crippen LogP contribution in [0.5, 0.6) is 11.5 Å². The van der Waals surface area contributed by atoms with E-state index >= 15 is 0 Å². The Bertz CT molecular complexity index is 562. The Hall–Kier alpha value is -1.87. The topological polar surface area (TPSA) is 34.2 Å². The van der Waals surface area contributed by atoms with Gasteiger partial charge in [-0.1, -0.05) is 39.8 Å². The van der Waals surface area contributed by atoms with Crippen LogP contribution in [-0.4, -0.2) is 11.0 Å². The van der Waals surface area contributed by atoms with Gasteiger partial charge in [-0.3, -0.25) is 4.98 Å². The minimum absolute atomic E-state index is 0.434. The summed E-state index contributed by atoms with van der Waals surface area (Å²) in [6.45, 7) is 9.39. The van der Waals surface area contributed by atoms with E-state index in [1.807, 2.05) is 24.4 Å². The van der Waals surface area contributed by atoms with Crippen molar-refractivity contribution in [2.75, 3.05) is 0 Å². The summed E-state index contributed by atoms with van der Waals surface area (Å²) in [5.74, 6) is 2.25. The van der Waals surface area contributed by atoms with Crippen molar-refractivity contribution in [2.24, 2.45) is 0 Å². The van der Waals surface area contributed by atoms with Gasteiger partial charge >= 0.3 is 0 Å². The molecule has 0 radical (unpaired) electrons. The summed E-state index contributed by atoms with van der Waals surface area (Å²) in [5.41, 5.74) is 2.39. The Balaban J connectivity index is 2.11. The quantitative estimate of drug-likeness (QED) is 0.848. The van der Waals surface area contributed by atoms with Crippen LogP contribution in [-0.2, 0) is 6.54 Å². The van der Waals surface area contributed by atoms with E-state index in [9.17, 15) is 0 Å². The summed E-state index contributed by atoms with van der Waals surface area (Å²) in [6, 6.07) is 10.6. The van der Waals surface area contributed by atoms with Crippen LogP contribution in [0.3, 0.4) is 0 Å². The fraction of sp³-hybridized carbons (Fsp3) is 0.389. The lowest BCUT2D eigenvalue weighted by Crippen LogP contribution is -2.22. The third kappa shape index (κ3) is 4.57. The molecular weight excluding hydrogens is 260 g/mol. The van der Waals surface area contributed by atoms with E-state index in [4.69, 9.17) is 4.74 Å². The summed E-state index contributed by atoms with van der Waals surface area (Å²) >= 11 is 0. The molecule has 0 aliphatic rings. The molecule has 21 heavy (non-hydrogen) atoms. The molecule has 1 heterocycles. The molecule has 0 aliphatic heterocycles. The first-order valence-electron chi connectivity index (χ1n) is 7.50. The van der Waals surface area contributed by atoms with Crippen molar-refractivity contribution in [3.63, 3.8) is 0 Å². The third-order valence-corrected chi connectivity index (χ3v) is 3.33. The highest BCUT2D eigenvalue weighted by Gasteiger charge is 2.06. The van der Waals surface area contributed by atoms with Crippen molar-refractivity contribution in [3.8, 4) is 11.5 Å². The van der Waals surface area contributed by atoms with Gasteiger partial charge in [0.2, 0.25) is 0 Å². The Kier molecular flexibility index (Phi) is 5.34. The van der Waals surface area contributed by atoms with Gasteiger partial charge in [-0.15, -0.1) is 0 Å².